The van der Waals surface area contributed by atoms with Gasteiger partial charge < -0.3 is 10.6 Å². The van der Waals surface area contributed by atoms with Crippen molar-refractivity contribution in [1.29, 1.82) is 0 Å². The summed E-state index contributed by atoms with van der Waals surface area (Å²) in [6.45, 7) is 0.642. The van der Waals surface area contributed by atoms with E-state index >= 15 is 0 Å². The highest BCUT2D eigenvalue weighted by atomic mass is 19.1. The van der Waals surface area contributed by atoms with Gasteiger partial charge in [0, 0.05) is 5.69 Å². The van der Waals surface area contributed by atoms with Crippen molar-refractivity contribution in [3.63, 3.8) is 0 Å². The summed E-state index contributed by atoms with van der Waals surface area (Å²) >= 11 is 0. The molecule has 60 valence electrons. The first-order valence-electron chi connectivity index (χ1n) is 3.47. The first-order valence-corrected chi connectivity index (χ1v) is 3.47. The van der Waals surface area contributed by atoms with Gasteiger partial charge >= 0.3 is 0 Å². The average molecular weight is 154 g/mol. The van der Waals surface area contributed by atoms with E-state index in [-0.39, 0.29) is 5.82 Å². The minimum atomic E-state index is -0.217. The van der Waals surface area contributed by atoms with Gasteiger partial charge in [0.1, 0.15) is 5.82 Å². The number of hydrogen-bond acceptors (Lipinski definition) is 2. The highest BCUT2D eigenvalue weighted by molar-refractivity contribution is 5.42. The quantitative estimate of drug-likeness (QED) is 0.643. The molecule has 0 unspecified atom stereocenters. The van der Waals surface area contributed by atoms with Gasteiger partial charge in [0.2, 0.25) is 0 Å². The molecule has 0 aromatic heterocycles. The molecule has 11 heavy (non-hydrogen) atoms. The van der Waals surface area contributed by atoms with Crippen LogP contribution in [0.2, 0.25) is 0 Å². The molecule has 2 N–H and O–H groups in total. The molecule has 3 heteroatoms. The lowest BCUT2D eigenvalue weighted by Gasteiger charge is -2.03. The van der Waals surface area contributed by atoms with Crippen LogP contribution in [0, 0.1) is 5.82 Å². The van der Waals surface area contributed by atoms with Crippen LogP contribution >= 0.6 is 0 Å². The van der Waals surface area contributed by atoms with E-state index in [0.29, 0.717) is 6.67 Å². The molecule has 0 radical (unpaired) electrons. The van der Waals surface area contributed by atoms with Gasteiger partial charge in [-0.15, -0.1) is 0 Å². The lowest BCUT2D eigenvalue weighted by molar-refractivity contribution is 0.628. The van der Waals surface area contributed by atoms with Crippen molar-refractivity contribution in [2.24, 2.45) is 0 Å². The van der Waals surface area contributed by atoms with E-state index in [9.17, 15) is 4.39 Å². The van der Waals surface area contributed by atoms with Crippen molar-refractivity contribution in [3.8, 4) is 0 Å². The zero-order valence-electron chi connectivity index (χ0n) is 6.39. The predicted octanol–water partition coefficient (Wildman–Crippen LogP) is 1.41. The van der Waals surface area contributed by atoms with Crippen molar-refractivity contribution < 1.29 is 4.39 Å². The Morgan fingerprint density at radius 3 is 2.91 bits per heavy atom. The lowest BCUT2D eigenvalue weighted by Crippen LogP contribution is -2.16. The van der Waals surface area contributed by atoms with Crippen LogP contribution in [0.3, 0.4) is 0 Å². The Labute approximate surface area is 65.4 Å². The molecule has 1 rings (SSSR count). The first-order chi connectivity index (χ1) is 5.33. The molecule has 0 heterocycles. The maximum absolute atomic E-state index is 12.5. The van der Waals surface area contributed by atoms with Crippen molar-refractivity contribution in [2.45, 2.75) is 0 Å². The van der Waals surface area contributed by atoms with Gasteiger partial charge in [-0.1, -0.05) is 6.07 Å². The Balaban J connectivity index is 2.56. The molecular weight excluding hydrogens is 143 g/mol. The second-order valence-corrected chi connectivity index (χ2v) is 2.22. The molecule has 0 spiro atoms. The van der Waals surface area contributed by atoms with E-state index < -0.39 is 0 Å². The van der Waals surface area contributed by atoms with Crippen LogP contribution in [0.1, 0.15) is 0 Å². The number of halogens is 1. The Morgan fingerprint density at radius 2 is 2.27 bits per heavy atom. The fourth-order valence-corrected chi connectivity index (χ4v) is 0.789. The Bertz CT molecular complexity index is 225. The molecule has 1 aromatic carbocycles. The zero-order chi connectivity index (χ0) is 8.10. The average Bonchev–Trinajstić information content (AvgIpc) is 2.01. The molecular formula is C8H11FN2. The van der Waals surface area contributed by atoms with Crippen LogP contribution < -0.4 is 10.6 Å². The largest absolute Gasteiger partial charge is 0.372 e. The highest BCUT2D eigenvalue weighted by Gasteiger charge is 1.91. The predicted molar refractivity (Wildman–Crippen MR) is 43.9 cm³/mol. The lowest BCUT2D eigenvalue weighted by atomic mass is 10.3. The second-order valence-electron chi connectivity index (χ2n) is 2.22. The van der Waals surface area contributed by atoms with Gasteiger partial charge in [-0.05, 0) is 25.2 Å². The third-order valence-electron chi connectivity index (χ3n) is 1.29. The highest BCUT2D eigenvalue weighted by Crippen LogP contribution is 2.07. The fourth-order valence-electron chi connectivity index (χ4n) is 0.789. The fraction of sp³-hybridized carbons (Fsp3) is 0.250. The molecule has 0 fully saturated rings. The van der Waals surface area contributed by atoms with Gasteiger partial charge in [0.05, 0.1) is 6.67 Å². The van der Waals surface area contributed by atoms with Gasteiger partial charge in [-0.3, -0.25) is 0 Å². The Morgan fingerprint density at radius 1 is 1.45 bits per heavy atom. The summed E-state index contributed by atoms with van der Waals surface area (Å²) in [6.07, 6.45) is 0. The van der Waals surface area contributed by atoms with Crippen molar-refractivity contribution in [2.75, 3.05) is 19.0 Å². The van der Waals surface area contributed by atoms with Crippen LogP contribution in [0.25, 0.3) is 0 Å². The van der Waals surface area contributed by atoms with Gasteiger partial charge in [-0.25, -0.2) is 4.39 Å². The van der Waals surface area contributed by atoms with Gasteiger partial charge in [0.15, 0.2) is 0 Å². The summed E-state index contributed by atoms with van der Waals surface area (Å²) in [5, 5.41) is 5.89. The number of rotatable bonds is 3. The van der Waals surface area contributed by atoms with Crippen LogP contribution in [0.5, 0.6) is 0 Å². The maximum atomic E-state index is 12.5. The van der Waals surface area contributed by atoms with Crippen LogP contribution in [0.15, 0.2) is 24.3 Å². The van der Waals surface area contributed by atoms with Crippen molar-refractivity contribution in [3.05, 3.63) is 30.1 Å². The summed E-state index contributed by atoms with van der Waals surface area (Å²) < 4.78 is 12.5. The summed E-state index contributed by atoms with van der Waals surface area (Å²) in [6, 6.07) is 6.37. The standard InChI is InChI=1S/C8H11FN2/c1-10-6-11-8-4-2-3-7(9)5-8/h2-5,10-11H,6H2,1H3. The zero-order valence-corrected chi connectivity index (χ0v) is 6.39. The molecule has 1 aromatic rings. The van der Waals surface area contributed by atoms with Gasteiger partial charge in [-0.2, -0.15) is 0 Å². The van der Waals surface area contributed by atoms with Crippen LogP contribution in [-0.4, -0.2) is 13.7 Å². The molecule has 0 saturated heterocycles. The molecule has 0 amide bonds. The monoisotopic (exact) mass is 154 g/mol. The van der Waals surface area contributed by atoms with E-state index in [2.05, 4.69) is 10.6 Å². The maximum Gasteiger partial charge on any atom is 0.125 e. The number of nitrogens with one attached hydrogen (secondary N) is 2. The van der Waals surface area contributed by atoms with Crippen molar-refractivity contribution >= 4 is 5.69 Å². The van der Waals surface area contributed by atoms with E-state index in [4.69, 9.17) is 0 Å². The van der Waals surface area contributed by atoms with E-state index in [1.54, 1.807) is 6.07 Å². The molecule has 0 aliphatic carbocycles. The normalized spacial score (nSPS) is 9.64. The van der Waals surface area contributed by atoms with E-state index in [0.717, 1.165) is 5.69 Å². The summed E-state index contributed by atoms with van der Waals surface area (Å²) in [4.78, 5) is 0. The van der Waals surface area contributed by atoms with E-state index in [1.165, 1.54) is 12.1 Å². The second kappa shape index (κ2) is 3.93. The van der Waals surface area contributed by atoms with Crippen LogP contribution in [0.4, 0.5) is 10.1 Å². The first kappa shape index (κ1) is 8.01. The molecule has 0 aliphatic heterocycles. The van der Waals surface area contributed by atoms with Crippen LogP contribution in [-0.2, 0) is 0 Å². The SMILES string of the molecule is CNCNc1cccc(F)c1. The number of benzene rings is 1. The Hall–Kier alpha value is -1.09. The molecule has 0 bridgehead atoms. The topological polar surface area (TPSA) is 24.1 Å². The molecule has 0 aliphatic rings. The smallest absolute Gasteiger partial charge is 0.125 e. The molecule has 2 nitrogen and oxygen atoms in total. The van der Waals surface area contributed by atoms with Crippen molar-refractivity contribution in [1.82, 2.24) is 5.32 Å². The minimum absolute atomic E-state index is 0.217. The third kappa shape index (κ3) is 2.55. The minimum Gasteiger partial charge on any atom is -0.372 e. The van der Waals surface area contributed by atoms with E-state index in [1.807, 2.05) is 13.1 Å². The molecule has 0 saturated carbocycles. The molecule has 0 atom stereocenters. The van der Waals surface area contributed by atoms with Gasteiger partial charge in [0.25, 0.3) is 0 Å². The number of anilines is 1. The Kier molecular flexibility index (Phi) is 2.86. The summed E-state index contributed by atoms with van der Waals surface area (Å²) in [7, 11) is 1.83. The number of hydrogen-bond donors (Lipinski definition) is 2. The summed E-state index contributed by atoms with van der Waals surface area (Å²) in [5.74, 6) is -0.217. The third-order valence-corrected chi connectivity index (χ3v) is 1.29. The summed E-state index contributed by atoms with van der Waals surface area (Å²) in [5.41, 5.74) is 0.791.